The Balaban J connectivity index is 1.33. The van der Waals surface area contributed by atoms with Crippen molar-refractivity contribution in [3.63, 3.8) is 0 Å². The maximum atomic E-state index is 10.2. The lowest BCUT2D eigenvalue weighted by atomic mass is 9.75. The molecular weight excluding hydrogens is 500 g/mol. The highest BCUT2D eigenvalue weighted by Gasteiger charge is 2.29. The first-order valence-electron chi connectivity index (χ1n) is 14.6. The lowest BCUT2D eigenvalue weighted by Crippen LogP contribution is -2.30. The Bertz CT molecular complexity index is 1920. The van der Waals surface area contributed by atoms with Crippen molar-refractivity contribution >= 4 is 21.9 Å². The van der Waals surface area contributed by atoms with Crippen LogP contribution >= 0.6 is 0 Å². The number of pyridine rings is 1. The molecule has 0 radical (unpaired) electrons. The molecule has 0 N–H and O–H groups in total. The van der Waals surface area contributed by atoms with Crippen LogP contribution < -0.4 is 4.57 Å². The zero-order valence-electron chi connectivity index (χ0n) is 23.6. The van der Waals surface area contributed by atoms with Crippen LogP contribution in [-0.2, 0) is 7.05 Å². The summed E-state index contributed by atoms with van der Waals surface area (Å²) in [5.41, 5.74) is 10.8. The van der Waals surface area contributed by atoms with Crippen molar-refractivity contribution in [1.29, 1.82) is 5.26 Å². The van der Waals surface area contributed by atoms with Gasteiger partial charge in [-0.3, -0.25) is 0 Å². The lowest BCUT2D eigenvalue weighted by Gasteiger charge is -2.29. The second-order valence-electron chi connectivity index (χ2n) is 11.5. The predicted molar refractivity (Wildman–Crippen MR) is 166 cm³/mol. The van der Waals surface area contributed by atoms with Gasteiger partial charge in [0.2, 0.25) is 5.69 Å². The van der Waals surface area contributed by atoms with Crippen LogP contribution in [0.1, 0.15) is 59.8 Å². The summed E-state index contributed by atoms with van der Waals surface area (Å²) in [4.78, 5) is 0. The van der Waals surface area contributed by atoms with Crippen LogP contribution in [0, 0.1) is 18.3 Å². The predicted octanol–water partition coefficient (Wildman–Crippen LogP) is 9.37. The molecular formula is C38H33N2O+. The Morgan fingerprint density at radius 3 is 2.07 bits per heavy atom. The number of hydrogen-bond donors (Lipinski definition) is 0. The molecule has 7 rings (SSSR count). The molecule has 1 saturated carbocycles. The fraction of sp³-hybridized carbons (Fsp3) is 0.211. The largest absolute Gasteiger partial charge is 0.455 e. The number of hydrogen-bond acceptors (Lipinski definition) is 2. The highest BCUT2D eigenvalue weighted by atomic mass is 16.3. The number of nitriles is 1. The highest BCUT2D eigenvalue weighted by Crippen LogP contribution is 2.46. The number of aryl methyl sites for hydroxylation is 2. The van der Waals surface area contributed by atoms with Gasteiger partial charge in [-0.2, -0.15) is 5.26 Å². The Labute approximate surface area is 241 Å². The minimum atomic E-state index is 0.319. The lowest BCUT2D eigenvalue weighted by molar-refractivity contribution is -0.659. The molecule has 0 atom stereocenters. The van der Waals surface area contributed by atoms with Gasteiger partial charge in [-0.25, -0.2) is 4.57 Å². The maximum absolute atomic E-state index is 10.2. The van der Waals surface area contributed by atoms with Crippen molar-refractivity contribution in [2.24, 2.45) is 7.05 Å². The second-order valence-corrected chi connectivity index (χ2v) is 11.5. The number of benzene rings is 4. The molecule has 0 amide bonds. The molecule has 0 bridgehead atoms. The first-order chi connectivity index (χ1) is 20.1. The summed E-state index contributed by atoms with van der Waals surface area (Å²) in [5, 5.41) is 12.4. The molecule has 0 spiro atoms. The van der Waals surface area contributed by atoms with Gasteiger partial charge in [0, 0.05) is 28.0 Å². The molecule has 0 aliphatic heterocycles. The summed E-state index contributed by atoms with van der Waals surface area (Å²) in [6.45, 7) is 2.15. The van der Waals surface area contributed by atoms with Crippen LogP contribution in [0.25, 0.3) is 44.3 Å². The van der Waals surface area contributed by atoms with E-state index in [9.17, 15) is 5.26 Å². The molecule has 0 saturated heterocycles. The third-order valence-electron chi connectivity index (χ3n) is 9.08. The molecule has 4 aromatic carbocycles. The number of rotatable bonds is 4. The first kappa shape index (κ1) is 25.3. The fourth-order valence-corrected chi connectivity index (χ4v) is 6.95. The Morgan fingerprint density at radius 1 is 0.707 bits per heavy atom. The molecule has 41 heavy (non-hydrogen) atoms. The van der Waals surface area contributed by atoms with E-state index in [0.29, 0.717) is 11.8 Å². The van der Waals surface area contributed by atoms with Crippen molar-refractivity contribution < 1.29 is 8.98 Å². The highest BCUT2D eigenvalue weighted by molar-refractivity contribution is 6.11. The molecule has 2 heterocycles. The summed E-state index contributed by atoms with van der Waals surface area (Å²) in [5.74, 6) is 0.903. The fourth-order valence-electron chi connectivity index (χ4n) is 6.95. The molecule has 1 aliphatic carbocycles. The van der Waals surface area contributed by atoms with Crippen LogP contribution in [0.15, 0.2) is 108 Å². The topological polar surface area (TPSA) is 40.8 Å². The quantitative estimate of drug-likeness (QED) is 0.212. The summed E-state index contributed by atoms with van der Waals surface area (Å²) in [7, 11) is 2.10. The van der Waals surface area contributed by atoms with Gasteiger partial charge in [0.15, 0.2) is 6.20 Å². The minimum absolute atomic E-state index is 0.319. The van der Waals surface area contributed by atoms with Gasteiger partial charge < -0.3 is 4.42 Å². The molecule has 1 aliphatic rings. The van der Waals surface area contributed by atoms with Gasteiger partial charge in [0.05, 0.1) is 17.2 Å². The SMILES string of the molecule is Cc1ccc2c(oc3c(C4CCC(c5ccccc5)CC4)c(C#N)ccc32)c1-c1ccc(-c2ccccc2)c[n+]1C. The van der Waals surface area contributed by atoms with Crippen molar-refractivity contribution in [3.8, 4) is 28.5 Å². The molecule has 2 aromatic heterocycles. The Kier molecular flexibility index (Phi) is 6.40. The molecule has 3 nitrogen and oxygen atoms in total. The number of fused-ring (bicyclic) bond motifs is 3. The first-order valence-corrected chi connectivity index (χ1v) is 14.6. The molecule has 0 unspecified atom stereocenters. The van der Waals surface area contributed by atoms with E-state index in [1.807, 2.05) is 12.1 Å². The van der Waals surface area contributed by atoms with Crippen molar-refractivity contribution in [2.75, 3.05) is 0 Å². The van der Waals surface area contributed by atoms with Crippen LogP contribution in [0.2, 0.25) is 0 Å². The van der Waals surface area contributed by atoms with Crippen LogP contribution in [0.5, 0.6) is 0 Å². The standard InChI is InChI=1S/C38H33N2O/c1-25-13-20-32-33-21-18-30(23-39)36(29-16-14-28(15-17-29)26-9-5-3-6-10-26)38(33)41-37(32)35(25)34-22-19-31(24-40(34)2)27-11-7-4-8-12-27/h3-13,18-22,24,28-29H,14-17H2,1-2H3/q+1. The number of furan rings is 1. The Hall–Kier alpha value is -4.68. The number of aromatic nitrogens is 1. The van der Waals surface area contributed by atoms with Gasteiger partial charge in [0.25, 0.3) is 0 Å². The normalized spacial score (nSPS) is 17.1. The zero-order valence-corrected chi connectivity index (χ0v) is 23.6. The van der Waals surface area contributed by atoms with E-state index in [1.54, 1.807) is 0 Å². The summed E-state index contributed by atoms with van der Waals surface area (Å²) in [6, 6.07) is 36.7. The van der Waals surface area contributed by atoms with Crippen molar-refractivity contribution in [2.45, 2.75) is 44.4 Å². The van der Waals surface area contributed by atoms with Crippen LogP contribution in [-0.4, -0.2) is 0 Å². The average Bonchev–Trinajstić information content (AvgIpc) is 3.40. The van der Waals surface area contributed by atoms with E-state index in [-0.39, 0.29) is 0 Å². The summed E-state index contributed by atoms with van der Waals surface area (Å²) < 4.78 is 9.06. The van der Waals surface area contributed by atoms with Crippen molar-refractivity contribution in [1.82, 2.24) is 0 Å². The molecule has 1 fully saturated rings. The van der Waals surface area contributed by atoms with E-state index in [2.05, 4.69) is 116 Å². The van der Waals surface area contributed by atoms with E-state index in [0.717, 1.165) is 70.0 Å². The monoisotopic (exact) mass is 533 g/mol. The third-order valence-corrected chi connectivity index (χ3v) is 9.08. The van der Waals surface area contributed by atoms with Gasteiger partial charge in [-0.1, -0.05) is 72.8 Å². The summed E-state index contributed by atoms with van der Waals surface area (Å²) >= 11 is 0. The van der Waals surface area contributed by atoms with Gasteiger partial charge in [-0.15, -0.1) is 0 Å². The van der Waals surface area contributed by atoms with Crippen LogP contribution in [0.4, 0.5) is 0 Å². The minimum Gasteiger partial charge on any atom is -0.455 e. The van der Waals surface area contributed by atoms with E-state index in [1.165, 1.54) is 22.3 Å². The smallest absolute Gasteiger partial charge is 0.216 e. The maximum Gasteiger partial charge on any atom is 0.216 e. The van der Waals surface area contributed by atoms with Crippen LogP contribution in [0.3, 0.4) is 0 Å². The summed E-state index contributed by atoms with van der Waals surface area (Å²) in [6.07, 6.45) is 6.57. The Morgan fingerprint density at radius 2 is 1.37 bits per heavy atom. The molecule has 200 valence electrons. The molecule has 6 aromatic rings. The van der Waals surface area contributed by atoms with Gasteiger partial charge in [0.1, 0.15) is 18.2 Å². The average molecular weight is 534 g/mol. The number of nitrogens with zero attached hydrogens (tertiary/aromatic N) is 2. The third kappa shape index (κ3) is 4.41. The van der Waals surface area contributed by atoms with Gasteiger partial charge in [-0.05, 0) is 79.3 Å². The second kappa shape index (κ2) is 10.4. The van der Waals surface area contributed by atoms with Gasteiger partial charge >= 0.3 is 0 Å². The zero-order chi connectivity index (χ0) is 27.9. The molecule has 3 heteroatoms. The van der Waals surface area contributed by atoms with E-state index < -0.39 is 0 Å². The van der Waals surface area contributed by atoms with E-state index >= 15 is 0 Å². The van der Waals surface area contributed by atoms with E-state index in [4.69, 9.17) is 4.42 Å². The van der Waals surface area contributed by atoms with Crippen molar-refractivity contribution in [3.05, 3.63) is 126 Å².